The van der Waals surface area contributed by atoms with E-state index in [1.165, 1.54) is 0 Å². The number of methoxy groups -OCH3 is 3. The molecule has 0 bridgehead atoms. The average molecular weight is 444 g/mol. The normalized spacial score (nSPS) is 15.9. The molecule has 6 nitrogen and oxygen atoms in total. The molecule has 1 aliphatic rings. The molecular formula is C21H27Cl2NO5. The molecule has 2 aromatic carbocycles. The molecule has 0 saturated heterocycles. The Morgan fingerprint density at radius 3 is 2.17 bits per heavy atom. The number of nitrogens with zero attached hydrogens (tertiary/aromatic N) is 1. The second-order valence-electron chi connectivity index (χ2n) is 6.77. The molecule has 0 aromatic heterocycles. The molecule has 8 heteroatoms. The lowest BCUT2D eigenvalue weighted by atomic mass is 9.88. The third kappa shape index (κ3) is 4.77. The number of phenolic OH excluding ortho intramolecular Hbond substituents is 2. The van der Waals surface area contributed by atoms with Gasteiger partial charge in [0.1, 0.15) is 0 Å². The van der Waals surface area contributed by atoms with Gasteiger partial charge in [-0.25, -0.2) is 0 Å². The first kappa shape index (κ1) is 23.3. The Balaban J connectivity index is 0.00000300. The van der Waals surface area contributed by atoms with Crippen LogP contribution in [0, 0.1) is 0 Å². The highest BCUT2D eigenvalue weighted by molar-refractivity contribution is 6.18. The molecule has 29 heavy (non-hydrogen) atoms. The van der Waals surface area contributed by atoms with E-state index in [1.54, 1.807) is 33.5 Å². The van der Waals surface area contributed by atoms with Crippen LogP contribution in [0.1, 0.15) is 22.7 Å². The molecule has 0 spiro atoms. The van der Waals surface area contributed by atoms with Gasteiger partial charge in [-0.3, -0.25) is 4.90 Å². The molecule has 0 fully saturated rings. The van der Waals surface area contributed by atoms with Crippen molar-refractivity contribution in [3.8, 4) is 28.7 Å². The number of alkyl halides is 1. The number of rotatable bonds is 7. The number of ether oxygens (including phenoxy) is 3. The van der Waals surface area contributed by atoms with Crippen LogP contribution in [0.4, 0.5) is 0 Å². The molecule has 2 N–H and O–H groups in total. The maximum Gasteiger partial charge on any atom is 0.203 e. The Hall–Kier alpha value is -2.02. The summed E-state index contributed by atoms with van der Waals surface area (Å²) < 4.78 is 16.4. The van der Waals surface area contributed by atoms with Gasteiger partial charge in [0.15, 0.2) is 23.0 Å². The van der Waals surface area contributed by atoms with Crippen molar-refractivity contribution >= 4 is 24.0 Å². The minimum absolute atomic E-state index is 0. The second-order valence-corrected chi connectivity index (χ2v) is 7.15. The summed E-state index contributed by atoms with van der Waals surface area (Å²) in [6, 6.07) is 7.21. The third-order valence-electron chi connectivity index (χ3n) is 5.23. The van der Waals surface area contributed by atoms with Crippen molar-refractivity contribution in [3.63, 3.8) is 0 Å². The monoisotopic (exact) mass is 443 g/mol. The fraction of sp³-hybridized carbons (Fsp3) is 0.429. The second kappa shape index (κ2) is 10.1. The van der Waals surface area contributed by atoms with Crippen molar-refractivity contribution in [3.05, 3.63) is 41.0 Å². The Bertz CT molecular complexity index is 821. The molecule has 0 saturated carbocycles. The van der Waals surface area contributed by atoms with Crippen LogP contribution in [0.5, 0.6) is 28.7 Å². The number of phenols is 2. The fourth-order valence-corrected chi connectivity index (χ4v) is 4.09. The summed E-state index contributed by atoms with van der Waals surface area (Å²) in [6.07, 6.45) is 1.47. The van der Waals surface area contributed by atoms with Gasteiger partial charge < -0.3 is 24.4 Å². The van der Waals surface area contributed by atoms with E-state index in [1.807, 2.05) is 12.1 Å². The summed E-state index contributed by atoms with van der Waals surface area (Å²) in [5.74, 6) is 2.08. The highest BCUT2D eigenvalue weighted by Gasteiger charge is 2.29. The SMILES string of the molecule is COc1cc(CC2c3cc(O)c(O)cc3CCN2CCCl)cc(OC)c1OC.Cl. The van der Waals surface area contributed by atoms with E-state index in [0.717, 1.165) is 36.2 Å². The van der Waals surface area contributed by atoms with Crippen LogP contribution in [0.3, 0.4) is 0 Å². The number of hydrogen-bond donors (Lipinski definition) is 2. The zero-order valence-electron chi connectivity index (χ0n) is 16.8. The first-order chi connectivity index (χ1) is 13.5. The predicted octanol–water partition coefficient (Wildman–Crippen LogP) is 3.93. The van der Waals surface area contributed by atoms with Crippen molar-refractivity contribution in [2.24, 2.45) is 0 Å². The summed E-state index contributed by atoms with van der Waals surface area (Å²) >= 11 is 6.03. The predicted molar refractivity (Wildman–Crippen MR) is 116 cm³/mol. The Morgan fingerprint density at radius 2 is 1.62 bits per heavy atom. The largest absolute Gasteiger partial charge is 0.504 e. The summed E-state index contributed by atoms with van der Waals surface area (Å²) in [7, 11) is 4.77. The van der Waals surface area contributed by atoms with Crippen molar-refractivity contribution in [1.82, 2.24) is 4.90 Å². The van der Waals surface area contributed by atoms with Crippen molar-refractivity contribution in [1.29, 1.82) is 0 Å². The maximum absolute atomic E-state index is 10.1. The number of halogens is 2. The van der Waals surface area contributed by atoms with Crippen molar-refractivity contribution < 1.29 is 24.4 Å². The number of hydrogen-bond acceptors (Lipinski definition) is 6. The van der Waals surface area contributed by atoms with Gasteiger partial charge in [0.2, 0.25) is 5.75 Å². The zero-order valence-corrected chi connectivity index (χ0v) is 18.3. The van der Waals surface area contributed by atoms with Gasteiger partial charge >= 0.3 is 0 Å². The standard InChI is InChI=1S/C21H26ClNO5.ClH/c1-26-19-9-13(10-20(27-2)21(19)28-3)8-16-15-12-18(25)17(24)11-14(15)4-6-23(16)7-5-22;/h9-12,16,24-25H,4-8H2,1-3H3;1H. The molecule has 1 heterocycles. The van der Waals surface area contributed by atoms with Gasteiger partial charge in [-0.1, -0.05) is 0 Å². The molecule has 0 aliphatic carbocycles. The van der Waals surface area contributed by atoms with E-state index < -0.39 is 0 Å². The fourth-order valence-electron chi connectivity index (χ4n) is 3.87. The van der Waals surface area contributed by atoms with E-state index in [9.17, 15) is 10.2 Å². The molecule has 160 valence electrons. The summed E-state index contributed by atoms with van der Waals surface area (Å²) in [5, 5.41) is 19.9. The minimum Gasteiger partial charge on any atom is -0.504 e. The van der Waals surface area contributed by atoms with E-state index in [-0.39, 0.29) is 29.9 Å². The number of fused-ring (bicyclic) bond motifs is 1. The molecule has 3 rings (SSSR count). The lowest BCUT2D eigenvalue weighted by molar-refractivity contribution is 0.194. The van der Waals surface area contributed by atoms with Gasteiger partial charge in [0.25, 0.3) is 0 Å². The van der Waals surface area contributed by atoms with Crippen LogP contribution in [-0.2, 0) is 12.8 Å². The van der Waals surface area contributed by atoms with Gasteiger partial charge in [-0.05, 0) is 53.8 Å². The molecule has 1 atom stereocenters. The van der Waals surface area contributed by atoms with E-state index in [4.69, 9.17) is 25.8 Å². The highest BCUT2D eigenvalue weighted by Crippen LogP contribution is 2.42. The van der Waals surface area contributed by atoms with Crippen LogP contribution < -0.4 is 14.2 Å². The van der Waals surface area contributed by atoms with E-state index in [2.05, 4.69) is 4.90 Å². The number of aromatic hydroxyl groups is 2. The summed E-state index contributed by atoms with van der Waals surface area (Å²) in [5.41, 5.74) is 3.05. The first-order valence-corrected chi connectivity index (χ1v) is 9.69. The first-order valence-electron chi connectivity index (χ1n) is 9.16. The molecule has 0 amide bonds. The minimum atomic E-state index is -0.110. The molecular weight excluding hydrogens is 417 g/mol. The maximum atomic E-state index is 10.1. The Labute approximate surface area is 182 Å². The van der Waals surface area contributed by atoms with Gasteiger partial charge in [-0.2, -0.15) is 0 Å². The Morgan fingerprint density at radius 1 is 1.00 bits per heavy atom. The van der Waals surface area contributed by atoms with E-state index in [0.29, 0.717) is 29.5 Å². The summed E-state index contributed by atoms with van der Waals surface area (Å²) in [4.78, 5) is 2.30. The molecule has 1 aliphatic heterocycles. The molecule has 0 radical (unpaired) electrons. The molecule has 1 unspecified atom stereocenters. The number of benzene rings is 2. The van der Waals surface area contributed by atoms with Gasteiger partial charge in [0.05, 0.1) is 21.3 Å². The van der Waals surface area contributed by atoms with Crippen LogP contribution >= 0.6 is 24.0 Å². The van der Waals surface area contributed by atoms with Gasteiger partial charge in [0, 0.05) is 25.0 Å². The summed E-state index contributed by atoms with van der Waals surface area (Å²) in [6.45, 7) is 1.57. The average Bonchev–Trinajstić information content (AvgIpc) is 2.70. The smallest absolute Gasteiger partial charge is 0.203 e. The lowest BCUT2D eigenvalue weighted by Gasteiger charge is -2.37. The van der Waals surface area contributed by atoms with Gasteiger partial charge in [-0.15, -0.1) is 24.0 Å². The quantitative estimate of drug-likeness (QED) is 0.498. The lowest BCUT2D eigenvalue weighted by Crippen LogP contribution is -2.37. The molecule has 2 aromatic rings. The van der Waals surface area contributed by atoms with Crippen LogP contribution in [-0.4, -0.2) is 55.4 Å². The highest BCUT2D eigenvalue weighted by atomic mass is 35.5. The topological polar surface area (TPSA) is 71.4 Å². The zero-order chi connectivity index (χ0) is 20.3. The van der Waals surface area contributed by atoms with E-state index >= 15 is 0 Å². The Kier molecular flexibility index (Phi) is 8.14. The van der Waals surface area contributed by atoms with Crippen LogP contribution in [0.25, 0.3) is 0 Å². The van der Waals surface area contributed by atoms with Crippen LogP contribution in [0.15, 0.2) is 24.3 Å². The van der Waals surface area contributed by atoms with Crippen molar-refractivity contribution in [2.45, 2.75) is 18.9 Å². The third-order valence-corrected chi connectivity index (χ3v) is 5.40. The van der Waals surface area contributed by atoms with Crippen LogP contribution in [0.2, 0.25) is 0 Å². The van der Waals surface area contributed by atoms with Crippen molar-refractivity contribution in [2.75, 3.05) is 40.3 Å².